The van der Waals surface area contributed by atoms with Crippen LogP contribution in [0.15, 0.2) is 23.5 Å². The smallest absolute Gasteiger partial charge is 0.246 e. The molecular weight excluding hydrogens is 364 g/mol. The Bertz CT molecular complexity index is 1210. The van der Waals surface area contributed by atoms with Crippen LogP contribution in [0.2, 0.25) is 0 Å². The van der Waals surface area contributed by atoms with Crippen LogP contribution in [0, 0.1) is 20.8 Å². The van der Waals surface area contributed by atoms with Crippen molar-refractivity contribution in [1.29, 1.82) is 0 Å². The Labute approximate surface area is 163 Å². The maximum absolute atomic E-state index is 13.3. The van der Waals surface area contributed by atoms with E-state index in [0.29, 0.717) is 25.9 Å². The zero-order valence-electron chi connectivity index (χ0n) is 18.5. The number of sulfonamides is 1. The largest absolute Gasteiger partial charge is 0.271 e. The van der Waals surface area contributed by atoms with E-state index in [1.54, 1.807) is 4.52 Å². The summed E-state index contributed by atoms with van der Waals surface area (Å²) in [5.74, 6) is 0.220. The molecule has 0 radical (unpaired) electrons. The fourth-order valence-corrected chi connectivity index (χ4v) is 5.76. The summed E-state index contributed by atoms with van der Waals surface area (Å²) in [4.78, 5) is 4.19. The van der Waals surface area contributed by atoms with Crippen molar-refractivity contribution in [3.8, 4) is 0 Å². The first-order valence-electron chi connectivity index (χ1n) is 10.4. The van der Waals surface area contributed by atoms with Gasteiger partial charge in [-0.05, 0) is 56.7 Å². The molecule has 3 aromatic heterocycles. The SMILES string of the molecule is [2H]C([2H])([2H])n1nc(C)c(S(=O)(=O)N2CCC(c3cn4ncnc4cc3C)CC2)c1C. The Kier molecular flexibility index (Phi) is 3.51. The number of aryl methyl sites for hydroxylation is 3. The fraction of sp³-hybridized carbons (Fsp3) is 0.500. The Balaban J connectivity index is 1.58. The van der Waals surface area contributed by atoms with Crippen LogP contribution in [0.3, 0.4) is 0 Å². The van der Waals surface area contributed by atoms with Gasteiger partial charge in [-0.25, -0.2) is 17.9 Å². The van der Waals surface area contributed by atoms with Crippen LogP contribution in [0.4, 0.5) is 0 Å². The standard InChI is InChI=1S/C18H24N6O2S/c1-12-9-17-19-11-20-24(17)10-16(12)15-5-7-23(8-6-15)27(25,26)18-13(2)21-22(4)14(18)3/h9-11,15H,5-8H2,1-4H3/i4D3. The zero-order valence-corrected chi connectivity index (χ0v) is 16.4. The minimum absolute atomic E-state index is 0.00251. The normalized spacial score (nSPS) is 19.1. The molecule has 0 atom stereocenters. The van der Waals surface area contributed by atoms with Crippen LogP contribution in [-0.4, -0.2) is 50.2 Å². The highest BCUT2D eigenvalue weighted by molar-refractivity contribution is 7.89. The molecule has 1 aliphatic rings. The molecule has 0 aromatic carbocycles. The van der Waals surface area contributed by atoms with Crippen LogP contribution in [-0.2, 0) is 17.0 Å². The average molecular weight is 392 g/mol. The predicted octanol–water partition coefficient (Wildman–Crippen LogP) is 1.96. The molecule has 3 aromatic rings. The van der Waals surface area contributed by atoms with Gasteiger partial charge in [-0.1, -0.05) is 0 Å². The highest BCUT2D eigenvalue weighted by Crippen LogP contribution is 2.33. The molecule has 4 rings (SSSR count). The molecule has 0 aliphatic carbocycles. The lowest BCUT2D eigenvalue weighted by molar-refractivity contribution is 0.318. The van der Waals surface area contributed by atoms with Gasteiger partial charge in [-0.15, -0.1) is 0 Å². The lowest BCUT2D eigenvalue weighted by Gasteiger charge is -2.32. The summed E-state index contributed by atoms with van der Waals surface area (Å²) < 4.78 is 53.3. The molecule has 0 saturated carbocycles. The number of hydrogen-bond donors (Lipinski definition) is 0. The molecule has 0 N–H and O–H groups in total. The van der Waals surface area contributed by atoms with Gasteiger partial charge in [0.25, 0.3) is 0 Å². The van der Waals surface area contributed by atoms with Crippen molar-refractivity contribution in [3.05, 3.63) is 41.1 Å². The van der Waals surface area contributed by atoms with Crippen molar-refractivity contribution in [2.45, 2.75) is 44.4 Å². The molecule has 9 heteroatoms. The summed E-state index contributed by atoms with van der Waals surface area (Å²) in [6.45, 7) is 3.25. The third kappa shape index (κ3) is 2.94. The number of piperidine rings is 1. The highest BCUT2D eigenvalue weighted by Gasteiger charge is 2.34. The van der Waals surface area contributed by atoms with E-state index in [2.05, 4.69) is 15.2 Å². The minimum atomic E-state index is -3.83. The van der Waals surface area contributed by atoms with Gasteiger partial charge >= 0.3 is 0 Å². The van der Waals surface area contributed by atoms with Crippen molar-refractivity contribution in [3.63, 3.8) is 0 Å². The number of aromatic nitrogens is 5. The first-order valence-corrected chi connectivity index (χ1v) is 10.3. The lowest BCUT2D eigenvalue weighted by atomic mass is 9.89. The second-order valence-corrected chi connectivity index (χ2v) is 8.94. The van der Waals surface area contributed by atoms with E-state index in [9.17, 15) is 8.42 Å². The zero-order chi connectivity index (χ0) is 21.8. The Hall–Kier alpha value is -2.26. The number of fused-ring (bicyclic) bond motifs is 1. The molecule has 27 heavy (non-hydrogen) atoms. The molecule has 8 nitrogen and oxygen atoms in total. The third-order valence-corrected chi connectivity index (χ3v) is 7.53. The third-order valence-electron chi connectivity index (χ3n) is 5.38. The van der Waals surface area contributed by atoms with E-state index in [0.717, 1.165) is 21.5 Å². The van der Waals surface area contributed by atoms with Crippen LogP contribution in [0.25, 0.3) is 5.65 Å². The fourth-order valence-electron chi connectivity index (χ4n) is 3.94. The maximum atomic E-state index is 13.3. The second-order valence-electron chi connectivity index (χ2n) is 7.06. The van der Waals surface area contributed by atoms with Crippen molar-refractivity contribution in [2.24, 2.45) is 6.98 Å². The molecule has 1 fully saturated rings. The number of nitrogens with zero attached hydrogens (tertiary/aromatic N) is 6. The molecule has 1 saturated heterocycles. The van der Waals surface area contributed by atoms with Gasteiger partial charge < -0.3 is 0 Å². The van der Waals surface area contributed by atoms with E-state index >= 15 is 0 Å². The van der Waals surface area contributed by atoms with E-state index in [-0.39, 0.29) is 22.2 Å². The maximum Gasteiger partial charge on any atom is 0.246 e. The van der Waals surface area contributed by atoms with Crippen LogP contribution in [0.1, 0.15) is 45.4 Å². The summed E-state index contributed by atoms with van der Waals surface area (Å²) in [5.41, 5.74) is 3.39. The van der Waals surface area contributed by atoms with Gasteiger partial charge in [0.1, 0.15) is 11.2 Å². The van der Waals surface area contributed by atoms with Gasteiger partial charge in [0.2, 0.25) is 10.0 Å². The number of rotatable bonds is 3. The van der Waals surface area contributed by atoms with E-state index in [1.807, 2.05) is 19.2 Å². The van der Waals surface area contributed by atoms with Crippen molar-refractivity contribution >= 4 is 15.7 Å². The molecule has 0 spiro atoms. The molecular formula is C18H24N6O2S. The molecule has 0 unspecified atom stereocenters. The summed E-state index contributed by atoms with van der Waals surface area (Å²) in [5, 5.41) is 8.17. The quantitative estimate of drug-likeness (QED) is 0.681. The van der Waals surface area contributed by atoms with Crippen LogP contribution >= 0.6 is 0 Å². The van der Waals surface area contributed by atoms with Crippen molar-refractivity contribution < 1.29 is 12.5 Å². The number of pyridine rings is 1. The Morgan fingerprint density at radius 1 is 1.22 bits per heavy atom. The molecule has 0 amide bonds. The highest BCUT2D eigenvalue weighted by atomic mass is 32.2. The van der Waals surface area contributed by atoms with Gasteiger partial charge in [-0.3, -0.25) is 4.68 Å². The van der Waals surface area contributed by atoms with Gasteiger partial charge in [0.15, 0.2) is 5.65 Å². The summed E-state index contributed by atoms with van der Waals surface area (Å²) in [6.07, 6.45) is 4.83. The topological polar surface area (TPSA) is 85.4 Å². The van der Waals surface area contributed by atoms with Crippen LogP contribution in [0.5, 0.6) is 0 Å². The first kappa shape index (κ1) is 14.8. The van der Waals surface area contributed by atoms with E-state index < -0.39 is 17.0 Å². The monoisotopic (exact) mass is 391 g/mol. The Morgan fingerprint density at radius 3 is 2.63 bits per heavy atom. The predicted molar refractivity (Wildman–Crippen MR) is 101 cm³/mol. The van der Waals surface area contributed by atoms with Gasteiger partial charge in [-0.2, -0.15) is 14.5 Å². The summed E-state index contributed by atoms with van der Waals surface area (Å²) in [6, 6.07) is 1.99. The Morgan fingerprint density at radius 2 is 1.96 bits per heavy atom. The summed E-state index contributed by atoms with van der Waals surface area (Å²) >= 11 is 0. The van der Waals surface area contributed by atoms with Crippen molar-refractivity contribution in [1.82, 2.24) is 28.7 Å². The number of hydrogen-bond acceptors (Lipinski definition) is 5. The summed E-state index contributed by atoms with van der Waals surface area (Å²) in [7, 11) is -3.83. The molecule has 0 bridgehead atoms. The van der Waals surface area contributed by atoms with Gasteiger partial charge in [0.05, 0.1) is 11.4 Å². The molecule has 1 aliphatic heterocycles. The van der Waals surface area contributed by atoms with Gasteiger partial charge in [0, 0.05) is 30.4 Å². The second kappa shape index (κ2) is 6.42. The van der Waals surface area contributed by atoms with E-state index in [1.165, 1.54) is 24.5 Å². The van der Waals surface area contributed by atoms with Crippen molar-refractivity contribution in [2.75, 3.05) is 13.1 Å². The first-order chi connectivity index (χ1) is 14.0. The van der Waals surface area contributed by atoms with E-state index in [4.69, 9.17) is 4.11 Å². The lowest BCUT2D eigenvalue weighted by Crippen LogP contribution is -2.38. The minimum Gasteiger partial charge on any atom is -0.271 e. The molecule has 144 valence electrons. The molecule has 4 heterocycles. The van der Waals surface area contributed by atoms with Crippen LogP contribution < -0.4 is 0 Å². The average Bonchev–Trinajstić information content (AvgIpc) is 3.24.